The molecule has 9 heteroatoms. The van der Waals surface area contributed by atoms with Gasteiger partial charge in [0.25, 0.3) is 0 Å². The number of rotatable bonds is 2. The topological polar surface area (TPSA) is 101 Å². The predicted octanol–water partition coefficient (Wildman–Crippen LogP) is 0.947. The summed E-state index contributed by atoms with van der Waals surface area (Å²) in [6.07, 6.45) is -1.79. The van der Waals surface area contributed by atoms with Gasteiger partial charge in [-0.1, -0.05) is 10.1 Å². The molecule has 3 rings (SSSR count). The summed E-state index contributed by atoms with van der Waals surface area (Å²) in [4.78, 5) is 1.18. The molecule has 4 atom stereocenters. The van der Waals surface area contributed by atoms with Crippen molar-refractivity contribution in [3.05, 3.63) is 32.3 Å². The van der Waals surface area contributed by atoms with Crippen molar-refractivity contribution in [3.63, 3.8) is 0 Å². The maximum absolute atomic E-state index is 12.9. The van der Waals surface area contributed by atoms with E-state index in [1.165, 1.54) is 11.3 Å². The van der Waals surface area contributed by atoms with Crippen LogP contribution >= 0.6 is 11.3 Å². The van der Waals surface area contributed by atoms with E-state index >= 15 is 0 Å². The van der Waals surface area contributed by atoms with Crippen LogP contribution in [0.4, 0.5) is 0 Å². The van der Waals surface area contributed by atoms with Crippen LogP contribution in [0.25, 0.3) is 0 Å². The van der Waals surface area contributed by atoms with E-state index in [0.29, 0.717) is 9.75 Å². The van der Waals surface area contributed by atoms with Gasteiger partial charge in [0, 0.05) is 0 Å². The summed E-state index contributed by atoms with van der Waals surface area (Å²) in [6, 6.07) is 3.43. The highest BCUT2D eigenvalue weighted by molar-refractivity contribution is 7.12. The molecule has 0 aromatic carbocycles. The summed E-state index contributed by atoms with van der Waals surface area (Å²) in [5, 5.41) is 53.1. The first kappa shape index (κ1) is 21.1. The second-order valence-electron chi connectivity index (χ2n) is 9.79. The van der Waals surface area contributed by atoms with Gasteiger partial charge >= 0.3 is 0 Å². The standard InChI is InChI=1S/C18H30N4O4S/c1-15(2)16(3,4)20(24)13(19(15)23)11-9-10-12(27-11)14-21(25)17(5,6)18(7,8)22(14)26/h9-10,13-14,19,21H,1-8H3. The van der Waals surface area contributed by atoms with Crippen LogP contribution in [0.3, 0.4) is 0 Å². The zero-order chi connectivity index (χ0) is 20.7. The molecule has 0 amide bonds. The van der Waals surface area contributed by atoms with Gasteiger partial charge in [0.05, 0.1) is 9.75 Å². The molecule has 152 valence electrons. The minimum absolute atomic E-state index is 0.131. The lowest BCUT2D eigenvalue weighted by molar-refractivity contribution is -0.926. The quantitative estimate of drug-likeness (QED) is 0.724. The molecule has 2 aliphatic rings. The van der Waals surface area contributed by atoms with E-state index in [4.69, 9.17) is 0 Å². The summed E-state index contributed by atoms with van der Waals surface area (Å²) in [5.74, 6) is 0. The van der Waals surface area contributed by atoms with Crippen molar-refractivity contribution in [2.24, 2.45) is 0 Å². The fourth-order valence-electron chi connectivity index (χ4n) is 3.85. The lowest BCUT2D eigenvalue weighted by atomic mass is 9.84. The van der Waals surface area contributed by atoms with Crippen molar-refractivity contribution in [2.75, 3.05) is 0 Å². The van der Waals surface area contributed by atoms with Crippen LogP contribution in [0.2, 0.25) is 0 Å². The fourth-order valence-corrected chi connectivity index (χ4v) is 5.02. The van der Waals surface area contributed by atoms with Gasteiger partial charge in [0.2, 0.25) is 12.3 Å². The molecule has 0 saturated carbocycles. The van der Waals surface area contributed by atoms with E-state index in [0.717, 1.165) is 10.1 Å². The van der Waals surface area contributed by atoms with Crippen molar-refractivity contribution in [1.82, 2.24) is 10.1 Å². The molecule has 0 bridgehead atoms. The number of nitrogens with zero attached hydrogens (tertiary/aromatic N) is 2. The fraction of sp³-hybridized carbons (Fsp3) is 0.778. The normalized spacial score (nSPS) is 37.8. The lowest BCUT2D eigenvalue weighted by Crippen LogP contribution is -3.14. The summed E-state index contributed by atoms with van der Waals surface area (Å²) >= 11 is 1.22. The SMILES string of the molecule is CC1(C)N([O])C(c2ccc(C3N([O])C(C)(C)C(C)(C)[NH+]3[O-])s2)[NH+]([O-])C1(C)C. The van der Waals surface area contributed by atoms with E-state index in [9.17, 15) is 20.8 Å². The van der Waals surface area contributed by atoms with Gasteiger partial charge in [-0.2, -0.15) is 0 Å². The van der Waals surface area contributed by atoms with E-state index in [-0.39, 0.29) is 10.1 Å². The highest BCUT2D eigenvalue weighted by Gasteiger charge is 2.62. The Morgan fingerprint density at radius 1 is 0.778 bits per heavy atom. The molecular weight excluding hydrogens is 368 g/mol. The summed E-state index contributed by atoms with van der Waals surface area (Å²) in [7, 11) is 0. The Bertz CT molecular complexity index is 634. The van der Waals surface area contributed by atoms with Crippen LogP contribution in [-0.4, -0.2) is 32.3 Å². The highest BCUT2D eigenvalue weighted by atomic mass is 32.1. The maximum atomic E-state index is 12.9. The molecule has 0 aliphatic carbocycles. The summed E-state index contributed by atoms with van der Waals surface area (Å²) in [6.45, 7) is 14.3. The first-order valence-corrected chi connectivity index (χ1v) is 10.0. The number of quaternary nitrogens is 2. The van der Waals surface area contributed by atoms with Crippen LogP contribution in [0, 0.1) is 10.4 Å². The van der Waals surface area contributed by atoms with Gasteiger partial charge in [-0.3, -0.25) is 0 Å². The van der Waals surface area contributed by atoms with Crippen molar-refractivity contribution in [2.45, 2.75) is 89.9 Å². The third-order valence-corrected chi connectivity index (χ3v) is 8.74. The molecule has 27 heavy (non-hydrogen) atoms. The van der Waals surface area contributed by atoms with Crippen LogP contribution < -0.4 is 10.1 Å². The Hall–Kier alpha value is -0.620. The molecule has 1 aromatic rings. The van der Waals surface area contributed by atoms with Crippen LogP contribution in [0.5, 0.6) is 0 Å². The molecule has 2 radical (unpaired) electrons. The molecule has 1 aromatic heterocycles. The van der Waals surface area contributed by atoms with E-state index in [1.807, 2.05) is 0 Å². The minimum atomic E-state index is -0.897. The number of hydroxylamine groups is 8. The van der Waals surface area contributed by atoms with E-state index in [2.05, 4.69) is 0 Å². The molecule has 2 N–H and O–H groups in total. The van der Waals surface area contributed by atoms with Gasteiger partial charge in [-0.25, -0.2) is 0 Å². The summed E-state index contributed by atoms with van der Waals surface area (Å²) in [5.41, 5.74) is -3.25. The summed E-state index contributed by atoms with van der Waals surface area (Å²) < 4.78 is 0. The van der Waals surface area contributed by atoms with Gasteiger partial charge in [-0.05, 0) is 67.5 Å². The van der Waals surface area contributed by atoms with Gasteiger partial charge < -0.3 is 20.5 Å². The number of thiophene rings is 1. The van der Waals surface area contributed by atoms with Crippen molar-refractivity contribution >= 4 is 11.3 Å². The molecule has 0 spiro atoms. The minimum Gasteiger partial charge on any atom is -0.632 e. The first-order chi connectivity index (χ1) is 12.1. The molecule has 2 saturated heterocycles. The average molecular weight is 399 g/mol. The maximum Gasteiger partial charge on any atom is 0.205 e. The second kappa shape index (κ2) is 5.94. The zero-order valence-electron chi connectivity index (χ0n) is 17.2. The van der Waals surface area contributed by atoms with E-state index in [1.54, 1.807) is 67.5 Å². The second-order valence-corrected chi connectivity index (χ2v) is 10.9. The van der Waals surface area contributed by atoms with Gasteiger partial charge in [0.15, 0.2) is 0 Å². The molecule has 4 unspecified atom stereocenters. The Morgan fingerprint density at radius 3 is 1.30 bits per heavy atom. The largest absolute Gasteiger partial charge is 0.632 e. The molecular formula is C18H30N4O4S. The third kappa shape index (κ3) is 2.51. The number of hydrogen-bond donors (Lipinski definition) is 2. The van der Waals surface area contributed by atoms with Crippen molar-refractivity contribution in [3.8, 4) is 0 Å². The van der Waals surface area contributed by atoms with E-state index < -0.39 is 34.5 Å². The lowest BCUT2D eigenvalue weighted by Gasteiger charge is -2.39. The molecule has 2 fully saturated rings. The van der Waals surface area contributed by atoms with Gasteiger partial charge in [0.1, 0.15) is 22.2 Å². The smallest absolute Gasteiger partial charge is 0.205 e. The Labute approximate surface area is 164 Å². The van der Waals surface area contributed by atoms with Crippen molar-refractivity contribution in [1.29, 1.82) is 0 Å². The Kier molecular flexibility index (Phi) is 4.64. The third-order valence-electron chi connectivity index (χ3n) is 7.55. The molecule has 8 nitrogen and oxygen atoms in total. The Balaban J connectivity index is 1.97. The van der Waals surface area contributed by atoms with Gasteiger partial charge in [-0.15, -0.1) is 21.8 Å². The number of nitrogens with one attached hydrogen (secondary N) is 2. The first-order valence-electron chi connectivity index (χ1n) is 9.21. The molecule has 3 heterocycles. The predicted molar refractivity (Wildman–Crippen MR) is 99.8 cm³/mol. The van der Waals surface area contributed by atoms with Crippen molar-refractivity contribution < 1.29 is 20.5 Å². The van der Waals surface area contributed by atoms with Crippen LogP contribution in [-0.2, 0) is 10.4 Å². The average Bonchev–Trinajstić information content (AvgIpc) is 3.09. The monoisotopic (exact) mass is 398 g/mol. The number of hydrogen-bond acceptors (Lipinski definition) is 5. The van der Waals surface area contributed by atoms with Crippen LogP contribution in [0.1, 0.15) is 77.5 Å². The van der Waals surface area contributed by atoms with Crippen LogP contribution in [0.15, 0.2) is 12.1 Å². The Morgan fingerprint density at radius 2 is 1.07 bits per heavy atom. The highest BCUT2D eigenvalue weighted by Crippen LogP contribution is 2.42. The molecule has 2 aliphatic heterocycles. The zero-order valence-corrected chi connectivity index (χ0v) is 18.1.